The summed E-state index contributed by atoms with van der Waals surface area (Å²) in [6.45, 7) is 6.07. The van der Waals surface area contributed by atoms with Crippen LogP contribution in [0.1, 0.15) is 49.7 Å². The van der Waals surface area contributed by atoms with E-state index in [9.17, 15) is 9.59 Å². The van der Waals surface area contributed by atoms with Crippen LogP contribution in [-0.4, -0.2) is 60.9 Å². The van der Waals surface area contributed by atoms with Crippen LogP contribution in [0.3, 0.4) is 0 Å². The summed E-state index contributed by atoms with van der Waals surface area (Å²) in [5.41, 5.74) is 2.18. The van der Waals surface area contributed by atoms with Crippen LogP contribution in [0.15, 0.2) is 18.2 Å². The Kier molecular flexibility index (Phi) is 6.70. The lowest BCUT2D eigenvalue weighted by molar-refractivity contribution is -0.133. The van der Waals surface area contributed by atoms with Crippen molar-refractivity contribution in [1.29, 1.82) is 0 Å². The van der Waals surface area contributed by atoms with E-state index in [-0.39, 0.29) is 17.7 Å². The minimum atomic E-state index is 0.114. The van der Waals surface area contributed by atoms with Crippen molar-refractivity contribution < 1.29 is 14.3 Å². The van der Waals surface area contributed by atoms with Crippen molar-refractivity contribution in [2.45, 2.75) is 51.5 Å². The average Bonchev–Trinajstić information content (AvgIpc) is 3.49. The molecule has 0 atom stereocenters. The number of amides is 2. The maximum Gasteiger partial charge on any atom is 0.226 e. The van der Waals surface area contributed by atoms with E-state index in [0.29, 0.717) is 32.5 Å². The fraction of sp³-hybridized carbons (Fsp3) is 0.652. The van der Waals surface area contributed by atoms with Gasteiger partial charge in [-0.3, -0.25) is 9.59 Å². The van der Waals surface area contributed by atoms with Gasteiger partial charge in [-0.2, -0.15) is 0 Å². The van der Waals surface area contributed by atoms with Gasteiger partial charge >= 0.3 is 0 Å². The SMILES string of the molecule is O=C(CCc1ccc2c(c1)CN(C(=O)C1CC1)CCO2)NCCCN1CCCC1. The third kappa shape index (κ3) is 5.72. The van der Waals surface area contributed by atoms with Gasteiger partial charge in [0.05, 0.1) is 6.54 Å². The Morgan fingerprint density at radius 1 is 1.14 bits per heavy atom. The van der Waals surface area contributed by atoms with Crippen LogP contribution in [-0.2, 0) is 22.6 Å². The molecule has 2 aliphatic heterocycles. The second-order valence-corrected chi connectivity index (χ2v) is 8.58. The third-order valence-corrected chi connectivity index (χ3v) is 6.16. The summed E-state index contributed by atoms with van der Waals surface area (Å²) in [6, 6.07) is 6.13. The molecule has 1 aromatic rings. The number of likely N-dealkylation sites (tertiary alicyclic amines) is 1. The Morgan fingerprint density at radius 3 is 2.76 bits per heavy atom. The van der Waals surface area contributed by atoms with Crippen LogP contribution >= 0.6 is 0 Å². The number of benzene rings is 1. The van der Waals surface area contributed by atoms with Crippen LogP contribution in [0.5, 0.6) is 5.75 Å². The standard InChI is InChI=1S/C23H33N3O3/c27-22(24-10-3-13-25-11-1-2-12-25)9-5-18-4-8-21-20(16-18)17-26(14-15-29-21)23(28)19-6-7-19/h4,8,16,19H,1-3,5-7,9-15,17H2,(H,24,27). The summed E-state index contributed by atoms with van der Waals surface area (Å²) in [7, 11) is 0. The van der Waals surface area contributed by atoms with Crippen molar-refractivity contribution in [1.82, 2.24) is 15.1 Å². The molecule has 1 N–H and O–H groups in total. The van der Waals surface area contributed by atoms with Gasteiger partial charge in [0, 0.05) is 31.0 Å². The van der Waals surface area contributed by atoms with E-state index in [1.165, 1.54) is 25.9 Å². The molecular weight excluding hydrogens is 366 g/mol. The van der Waals surface area contributed by atoms with Gasteiger partial charge in [-0.05, 0) is 69.8 Å². The topological polar surface area (TPSA) is 61.9 Å². The van der Waals surface area contributed by atoms with E-state index in [1.54, 1.807) is 0 Å². The number of ether oxygens (including phenoxy) is 1. The molecule has 0 unspecified atom stereocenters. The zero-order valence-corrected chi connectivity index (χ0v) is 17.3. The lowest BCUT2D eigenvalue weighted by Gasteiger charge is -2.19. The second-order valence-electron chi connectivity index (χ2n) is 8.58. The summed E-state index contributed by atoms with van der Waals surface area (Å²) >= 11 is 0. The number of hydrogen-bond donors (Lipinski definition) is 1. The van der Waals surface area contributed by atoms with Crippen molar-refractivity contribution >= 4 is 11.8 Å². The fourth-order valence-electron chi connectivity index (χ4n) is 4.26. The first-order valence-corrected chi connectivity index (χ1v) is 11.2. The van der Waals surface area contributed by atoms with Crippen molar-refractivity contribution in [2.24, 2.45) is 5.92 Å². The predicted molar refractivity (Wildman–Crippen MR) is 112 cm³/mol. The molecule has 2 heterocycles. The lowest BCUT2D eigenvalue weighted by atomic mass is 10.0. The molecule has 6 heteroatoms. The summed E-state index contributed by atoms with van der Waals surface area (Å²) in [4.78, 5) is 29.0. The smallest absolute Gasteiger partial charge is 0.226 e. The Bertz CT molecular complexity index is 726. The number of fused-ring (bicyclic) bond motifs is 1. The maximum atomic E-state index is 12.4. The van der Waals surface area contributed by atoms with Gasteiger partial charge in [0.25, 0.3) is 0 Å². The summed E-state index contributed by atoms with van der Waals surface area (Å²) in [5, 5.41) is 3.05. The number of hydrogen-bond acceptors (Lipinski definition) is 4. The molecule has 3 aliphatic rings. The van der Waals surface area contributed by atoms with Crippen LogP contribution < -0.4 is 10.1 Å². The first-order chi connectivity index (χ1) is 14.2. The normalized spacial score (nSPS) is 19.4. The highest BCUT2D eigenvalue weighted by Crippen LogP contribution is 2.33. The molecule has 2 fully saturated rings. The van der Waals surface area contributed by atoms with E-state index in [0.717, 1.165) is 49.2 Å². The van der Waals surface area contributed by atoms with Gasteiger partial charge in [-0.25, -0.2) is 0 Å². The molecule has 2 amide bonds. The minimum Gasteiger partial charge on any atom is -0.491 e. The molecule has 1 aliphatic carbocycles. The molecule has 158 valence electrons. The Morgan fingerprint density at radius 2 is 1.97 bits per heavy atom. The zero-order chi connectivity index (χ0) is 20.1. The number of aryl methyl sites for hydroxylation is 1. The number of nitrogens with zero attached hydrogens (tertiary/aromatic N) is 2. The number of rotatable bonds is 8. The molecular formula is C23H33N3O3. The molecule has 0 aromatic heterocycles. The van der Waals surface area contributed by atoms with E-state index in [1.807, 2.05) is 17.0 Å². The van der Waals surface area contributed by atoms with Gasteiger partial charge in [0.15, 0.2) is 0 Å². The summed E-state index contributed by atoms with van der Waals surface area (Å²) in [6.07, 6.45) is 6.89. The molecule has 1 saturated carbocycles. The summed E-state index contributed by atoms with van der Waals surface area (Å²) < 4.78 is 5.84. The van der Waals surface area contributed by atoms with E-state index < -0.39 is 0 Å². The minimum absolute atomic E-state index is 0.114. The maximum absolute atomic E-state index is 12.4. The first kappa shape index (κ1) is 20.2. The molecule has 1 aromatic carbocycles. The highest BCUT2D eigenvalue weighted by molar-refractivity contribution is 5.81. The van der Waals surface area contributed by atoms with Crippen molar-refractivity contribution in [3.8, 4) is 5.75 Å². The highest BCUT2D eigenvalue weighted by atomic mass is 16.5. The molecule has 6 nitrogen and oxygen atoms in total. The lowest BCUT2D eigenvalue weighted by Crippen LogP contribution is -2.33. The van der Waals surface area contributed by atoms with Crippen LogP contribution in [0.4, 0.5) is 0 Å². The van der Waals surface area contributed by atoms with E-state index in [4.69, 9.17) is 4.74 Å². The number of carbonyl (C=O) groups is 2. The van der Waals surface area contributed by atoms with Gasteiger partial charge in [-0.15, -0.1) is 0 Å². The monoisotopic (exact) mass is 399 g/mol. The van der Waals surface area contributed by atoms with Crippen molar-refractivity contribution in [3.05, 3.63) is 29.3 Å². The Hall–Kier alpha value is -2.08. The van der Waals surface area contributed by atoms with Crippen molar-refractivity contribution in [2.75, 3.05) is 39.3 Å². The highest BCUT2D eigenvalue weighted by Gasteiger charge is 2.34. The van der Waals surface area contributed by atoms with Crippen LogP contribution in [0.2, 0.25) is 0 Å². The summed E-state index contributed by atoms with van der Waals surface area (Å²) in [5.74, 6) is 1.48. The van der Waals surface area contributed by atoms with Crippen molar-refractivity contribution in [3.63, 3.8) is 0 Å². The van der Waals surface area contributed by atoms with Crippen LogP contribution in [0, 0.1) is 5.92 Å². The quantitative estimate of drug-likeness (QED) is 0.682. The zero-order valence-electron chi connectivity index (χ0n) is 17.3. The first-order valence-electron chi connectivity index (χ1n) is 11.2. The van der Waals surface area contributed by atoms with Gasteiger partial charge < -0.3 is 19.9 Å². The van der Waals surface area contributed by atoms with E-state index in [2.05, 4.69) is 16.3 Å². The number of carbonyl (C=O) groups excluding carboxylic acids is 2. The molecule has 0 radical (unpaired) electrons. The largest absolute Gasteiger partial charge is 0.491 e. The van der Waals surface area contributed by atoms with Gasteiger partial charge in [-0.1, -0.05) is 12.1 Å². The predicted octanol–water partition coefficient (Wildman–Crippen LogP) is 2.35. The molecule has 1 saturated heterocycles. The molecule has 4 rings (SSSR count). The van der Waals surface area contributed by atoms with Gasteiger partial charge in [0.2, 0.25) is 11.8 Å². The number of nitrogens with one attached hydrogen (secondary N) is 1. The second kappa shape index (κ2) is 9.61. The Labute approximate surface area is 173 Å². The van der Waals surface area contributed by atoms with E-state index >= 15 is 0 Å². The fourth-order valence-corrected chi connectivity index (χ4v) is 4.26. The third-order valence-electron chi connectivity index (χ3n) is 6.16. The molecule has 0 spiro atoms. The molecule has 0 bridgehead atoms. The molecule has 29 heavy (non-hydrogen) atoms. The van der Waals surface area contributed by atoms with Gasteiger partial charge in [0.1, 0.15) is 12.4 Å². The van der Waals surface area contributed by atoms with Crippen LogP contribution in [0.25, 0.3) is 0 Å². The average molecular weight is 400 g/mol. The Balaban J connectivity index is 1.23.